The van der Waals surface area contributed by atoms with E-state index in [2.05, 4.69) is 10.1 Å². The number of ether oxygens (including phenoxy) is 1. The van der Waals surface area contributed by atoms with Gasteiger partial charge in [0.15, 0.2) is 0 Å². The van der Waals surface area contributed by atoms with Gasteiger partial charge in [-0.1, -0.05) is 12.1 Å². The summed E-state index contributed by atoms with van der Waals surface area (Å²) in [7, 11) is -4.35. The standard InChI is InChI=1S/C13H17NO6S/c1-9(14-10(2)15)7-11-3-5-12(6-4-11)13(16)20-8-21(17,18)19/h3-6,9H,7-8H2,1-2H3,(H,14,15)(H,17,18,19)/t9-/m1/s1. The van der Waals surface area contributed by atoms with Gasteiger partial charge in [0.05, 0.1) is 5.56 Å². The molecule has 0 aromatic heterocycles. The summed E-state index contributed by atoms with van der Waals surface area (Å²) in [6.07, 6.45) is 0.597. The van der Waals surface area contributed by atoms with Crippen LogP contribution in [-0.4, -0.2) is 36.8 Å². The third-order valence-corrected chi connectivity index (χ3v) is 2.94. The van der Waals surface area contributed by atoms with E-state index in [-0.39, 0.29) is 17.5 Å². The third kappa shape index (κ3) is 6.87. The van der Waals surface area contributed by atoms with Crippen LogP contribution >= 0.6 is 0 Å². The van der Waals surface area contributed by atoms with Crippen LogP contribution in [0.5, 0.6) is 0 Å². The maximum absolute atomic E-state index is 11.5. The first-order valence-corrected chi connectivity index (χ1v) is 7.76. The van der Waals surface area contributed by atoms with Crippen molar-refractivity contribution in [3.05, 3.63) is 35.4 Å². The lowest BCUT2D eigenvalue weighted by atomic mass is 10.1. The molecular weight excluding hydrogens is 298 g/mol. The molecule has 21 heavy (non-hydrogen) atoms. The van der Waals surface area contributed by atoms with Crippen molar-refractivity contribution in [1.29, 1.82) is 0 Å². The summed E-state index contributed by atoms with van der Waals surface area (Å²) in [6, 6.07) is 6.30. The van der Waals surface area contributed by atoms with Gasteiger partial charge in [-0.05, 0) is 31.0 Å². The fourth-order valence-electron chi connectivity index (χ4n) is 1.74. The second-order valence-corrected chi connectivity index (χ2v) is 6.03. The van der Waals surface area contributed by atoms with Crippen molar-refractivity contribution in [2.45, 2.75) is 26.3 Å². The molecule has 2 N–H and O–H groups in total. The fourth-order valence-corrected chi connectivity index (χ4v) is 2.00. The lowest BCUT2D eigenvalue weighted by Crippen LogP contribution is -2.32. The number of rotatable bonds is 6. The largest absolute Gasteiger partial charge is 0.443 e. The molecule has 7 nitrogen and oxygen atoms in total. The number of amides is 1. The molecule has 0 aliphatic rings. The van der Waals surface area contributed by atoms with Crippen LogP contribution in [0.3, 0.4) is 0 Å². The molecule has 0 unspecified atom stereocenters. The SMILES string of the molecule is CC(=O)N[C@H](C)Cc1ccc(C(=O)OCS(=O)(=O)O)cc1. The van der Waals surface area contributed by atoms with E-state index < -0.39 is 22.0 Å². The molecule has 8 heteroatoms. The first-order chi connectivity index (χ1) is 9.67. The van der Waals surface area contributed by atoms with Gasteiger partial charge in [0.25, 0.3) is 0 Å². The summed E-state index contributed by atoms with van der Waals surface area (Å²) in [5, 5.41) is 2.74. The topological polar surface area (TPSA) is 110 Å². The van der Waals surface area contributed by atoms with Gasteiger partial charge in [-0.3, -0.25) is 9.35 Å². The molecule has 0 saturated heterocycles. The molecule has 0 bridgehead atoms. The summed E-state index contributed by atoms with van der Waals surface area (Å²) in [5.74, 6) is -2.03. The second-order valence-electron chi connectivity index (χ2n) is 4.63. The fraction of sp³-hybridized carbons (Fsp3) is 0.385. The van der Waals surface area contributed by atoms with Gasteiger partial charge in [0, 0.05) is 13.0 Å². The van der Waals surface area contributed by atoms with Gasteiger partial charge in [-0.2, -0.15) is 8.42 Å². The van der Waals surface area contributed by atoms with Crippen molar-refractivity contribution in [1.82, 2.24) is 5.32 Å². The Bertz CT molecular complexity index is 608. The number of benzene rings is 1. The molecule has 0 aliphatic heterocycles. The molecule has 1 aromatic carbocycles. The van der Waals surface area contributed by atoms with Crippen LogP contribution in [0.25, 0.3) is 0 Å². The molecule has 0 radical (unpaired) electrons. The van der Waals surface area contributed by atoms with Crippen LogP contribution in [0.4, 0.5) is 0 Å². The molecule has 0 fully saturated rings. The van der Waals surface area contributed by atoms with E-state index in [0.29, 0.717) is 6.42 Å². The summed E-state index contributed by atoms with van der Waals surface area (Å²) in [4.78, 5) is 22.4. The van der Waals surface area contributed by atoms with Gasteiger partial charge in [0.2, 0.25) is 11.8 Å². The first kappa shape index (κ1) is 17.1. The van der Waals surface area contributed by atoms with Gasteiger partial charge >= 0.3 is 16.1 Å². The number of hydrogen-bond acceptors (Lipinski definition) is 5. The molecular formula is C13H17NO6S. The van der Waals surface area contributed by atoms with Crippen molar-refractivity contribution < 1.29 is 27.3 Å². The molecule has 116 valence electrons. The molecule has 0 aliphatic carbocycles. The molecule has 1 amide bonds. The molecule has 1 rings (SSSR count). The minimum Gasteiger partial charge on any atom is -0.443 e. The number of esters is 1. The highest BCUT2D eigenvalue weighted by Crippen LogP contribution is 2.08. The van der Waals surface area contributed by atoms with Crippen LogP contribution in [-0.2, 0) is 26.1 Å². The lowest BCUT2D eigenvalue weighted by molar-refractivity contribution is -0.119. The highest BCUT2D eigenvalue weighted by atomic mass is 32.2. The predicted molar refractivity (Wildman–Crippen MR) is 75.3 cm³/mol. The monoisotopic (exact) mass is 315 g/mol. The minimum atomic E-state index is -4.35. The average Bonchev–Trinajstić information content (AvgIpc) is 2.35. The molecule has 1 aromatic rings. The predicted octanol–water partition coefficient (Wildman–Crippen LogP) is 0.756. The van der Waals surface area contributed by atoms with E-state index in [4.69, 9.17) is 4.55 Å². The maximum atomic E-state index is 11.5. The van der Waals surface area contributed by atoms with Gasteiger partial charge < -0.3 is 10.1 Å². The van der Waals surface area contributed by atoms with E-state index in [1.165, 1.54) is 19.1 Å². The minimum absolute atomic E-state index is 0.0418. The molecule has 0 heterocycles. The van der Waals surface area contributed by atoms with Crippen LogP contribution in [0.15, 0.2) is 24.3 Å². The Morgan fingerprint density at radius 3 is 2.33 bits per heavy atom. The van der Waals surface area contributed by atoms with E-state index >= 15 is 0 Å². The van der Waals surface area contributed by atoms with Crippen LogP contribution < -0.4 is 5.32 Å². The Hall–Kier alpha value is -1.93. The van der Waals surface area contributed by atoms with Crippen molar-refractivity contribution in [3.8, 4) is 0 Å². The van der Waals surface area contributed by atoms with Crippen LogP contribution in [0, 0.1) is 0 Å². The van der Waals surface area contributed by atoms with Crippen LogP contribution in [0.1, 0.15) is 29.8 Å². The third-order valence-electron chi connectivity index (χ3n) is 2.52. The normalized spacial score (nSPS) is 12.5. The van der Waals surface area contributed by atoms with E-state index in [1.807, 2.05) is 6.92 Å². The summed E-state index contributed by atoms with van der Waals surface area (Å²) in [5.41, 5.74) is 1.08. The summed E-state index contributed by atoms with van der Waals surface area (Å²) < 4.78 is 33.9. The zero-order chi connectivity index (χ0) is 16.0. The number of hydrogen-bond donors (Lipinski definition) is 2. The van der Waals surface area contributed by atoms with Crippen molar-refractivity contribution in [3.63, 3.8) is 0 Å². The van der Waals surface area contributed by atoms with Crippen molar-refractivity contribution in [2.75, 3.05) is 5.94 Å². The Kier molecular flexibility index (Phi) is 5.86. The van der Waals surface area contributed by atoms with Gasteiger partial charge in [0.1, 0.15) is 0 Å². The van der Waals surface area contributed by atoms with E-state index in [9.17, 15) is 18.0 Å². The zero-order valence-electron chi connectivity index (χ0n) is 11.7. The highest BCUT2D eigenvalue weighted by Gasteiger charge is 2.12. The van der Waals surface area contributed by atoms with Gasteiger partial charge in [-0.15, -0.1) is 0 Å². The Morgan fingerprint density at radius 1 is 1.29 bits per heavy atom. The Labute approximate surface area is 123 Å². The summed E-state index contributed by atoms with van der Waals surface area (Å²) >= 11 is 0. The Balaban J connectivity index is 2.61. The summed E-state index contributed by atoms with van der Waals surface area (Å²) in [6.45, 7) is 3.29. The number of carbonyl (C=O) groups is 2. The second kappa shape index (κ2) is 7.19. The van der Waals surface area contributed by atoms with Crippen LogP contribution in [0.2, 0.25) is 0 Å². The van der Waals surface area contributed by atoms with Crippen molar-refractivity contribution >= 4 is 22.0 Å². The first-order valence-electron chi connectivity index (χ1n) is 6.15. The number of carbonyl (C=O) groups excluding carboxylic acids is 2. The number of nitrogens with one attached hydrogen (secondary N) is 1. The highest BCUT2D eigenvalue weighted by molar-refractivity contribution is 7.85. The smallest absolute Gasteiger partial charge is 0.339 e. The quantitative estimate of drug-likeness (QED) is 0.592. The van der Waals surface area contributed by atoms with Crippen molar-refractivity contribution in [2.24, 2.45) is 0 Å². The average molecular weight is 315 g/mol. The van der Waals surface area contributed by atoms with Gasteiger partial charge in [-0.25, -0.2) is 4.79 Å². The maximum Gasteiger partial charge on any atom is 0.339 e. The molecule has 0 saturated carbocycles. The lowest BCUT2D eigenvalue weighted by Gasteiger charge is -2.12. The Morgan fingerprint density at radius 2 is 1.86 bits per heavy atom. The molecule has 1 atom stereocenters. The molecule has 0 spiro atoms. The van der Waals surface area contributed by atoms with E-state index in [0.717, 1.165) is 5.56 Å². The van der Waals surface area contributed by atoms with E-state index in [1.54, 1.807) is 12.1 Å². The zero-order valence-corrected chi connectivity index (χ0v) is 12.5.